The number of rotatable bonds is 2. The Balaban J connectivity index is 2.37. The van der Waals surface area contributed by atoms with Crippen LogP contribution in [0.4, 0.5) is 0 Å². The van der Waals surface area contributed by atoms with E-state index >= 15 is 0 Å². The van der Waals surface area contributed by atoms with E-state index in [0.717, 1.165) is 12.8 Å². The summed E-state index contributed by atoms with van der Waals surface area (Å²) in [6, 6.07) is 0. The first-order valence-electron chi connectivity index (χ1n) is 7.29. The van der Waals surface area contributed by atoms with Crippen molar-refractivity contribution in [3.63, 3.8) is 0 Å². The molecule has 0 aromatic rings. The van der Waals surface area contributed by atoms with E-state index in [1.54, 1.807) is 0 Å². The highest BCUT2D eigenvalue weighted by Crippen LogP contribution is 2.52. The Morgan fingerprint density at radius 3 is 2.35 bits per heavy atom. The van der Waals surface area contributed by atoms with Crippen LogP contribution in [0.5, 0.6) is 0 Å². The summed E-state index contributed by atoms with van der Waals surface area (Å²) in [5.41, 5.74) is 0.984. The van der Waals surface area contributed by atoms with Crippen LogP contribution in [0.25, 0.3) is 0 Å². The molecule has 0 heterocycles. The van der Waals surface area contributed by atoms with Crippen molar-refractivity contribution in [1.29, 1.82) is 0 Å². The number of esters is 2. The first-order chi connectivity index (χ1) is 9.43. The smallest absolute Gasteiger partial charge is 0.309 e. The number of hydrogen-bond donors (Lipinski definition) is 0. The predicted molar refractivity (Wildman–Crippen MR) is 74.8 cm³/mol. The third-order valence-corrected chi connectivity index (χ3v) is 5.10. The molecule has 4 heteroatoms. The molecule has 4 nitrogen and oxygen atoms in total. The standard InChI is InChI=1S/C16H24O4/c1-16(2)12-7-5-6-10(12)11(14(17)19-3)8-9-13(16)15(18)20-4/h7,10-11,13H,5-6,8-9H2,1-4H3/t10-,11+,13-/m0/s1. The highest BCUT2D eigenvalue weighted by Gasteiger charge is 2.48. The zero-order valence-corrected chi connectivity index (χ0v) is 12.8. The molecule has 2 aliphatic carbocycles. The molecule has 0 radical (unpaired) electrons. The lowest BCUT2D eigenvalue weighted by atomic mass is 9.70. The molecule has 0 aromatic carbocycles. The molecule has 0 saturated heterocycles. The molecule has 0 amide bonds. The number of allylic oxidation sites excluding steroid dienone is 2. The van der Waals surface area contributed by atoms with Gasteiger partial charge < -0.3 is 9.47 Å². The quantitative estimate of drug-likeness (QED) is 0.576. The summed E-state index contributed by atoms with van der Waals surface area (Å²) in [5.74, 6) is -0.417. The van der Waals surface area contributed by atoms with Crippen LogP contribution < -0.4 is 0 Å². The Hall–Kier alpha value is -1.32. The maximum absolute atomic E-state index is 12.1. The summed E-state index contributed by atoms with van der Waals surface area (Å²) in [7, 11) is 2.87. The van der Waals surface area contributed by atoms with Crippen molar-refractivity contribution in [3.05, 3.63) is 11.6 Å². The maximum Gasteiger partial charge on any atom is 0.309 e. The summed E-state index contributed by atoms with van der Waals surface area (Å²) in [6.07, 6.45) is 5.53. The van der Waals surface area contributed by atoms with Crippen molar-refractivity contribution in [2.24, 2.45) is 23.2 Å². The zero-order valence-electron chi connectivity index (χ0n) is 12.8. The molecular weight excluding hydrogens is 256 g/mol. The van der Waals surface area contributed by atoms with Gasteiger partial charge in [0.2, 0.25) is 0 Å². The summed E-state index contributed by atoms with van der Waals surface area (Å²) >= 11 is 0. The van der Waals surface area contributed by atoms with Crippen molar-refractivity contribution < 1.29 is 19.1 Å². The van der Waals surface area contributed by atoms with E-state index in [1.165, 1.54) is 19.8 Å². The molecule has 0 aliphatic heterocycles. The van der Waals surface area contributed by atoms with Gasteiger partial charge >= 0.3 is 11.9 Å². The molecule has 0 bridgehead atoms. The molecule has 2 rings (SSSR count). The van der Waals surface area contributed by atoms with E-state index in [2.05, 4.69) is 19.9 Å². The van der Waals surface area contributed by atoms with Crippen molar-refractivity contribution in [3.8, 4) is 0 Å². The van der Waals surface area contributed by atoms with E-state index < -0.39 is 0 Å². The van der Waals surface area contributed by atoms with E-state index in [1.807, 2.05) is 0 Å². The van der Waals surface area contributed by atoms with Crippen LogP contribution in [0.15, 0.2) is 11.6 Å². The highest BCUT2D eigenvalue weighted by molar-refractivity contribution is 5.76. The van der Waals surface area contributed by atoms with Gasteiger partial charge in [0.1, 0.15) is 0 Å². The first kappa shape index (κ1) is 15.1. The van der Waals surface area contributed by atoms with E-state index in [0.29, 0.717) is 12.8 Å². The average molecular weight is 280 g/mol. The van der Waals surface area contributed by atoms with Crippen molar-refractivity contribution in [1.82, 2.24) is 0 Å². The maximum atomic E-state index is 12.1. The number of carbonyl (C=O) groups excluding carboxylic acids is 2. The first-order valence-corrected chi connectivity index (χ1v) is 7.29. The molecule has 1 fully saturated rings. The molecule has 0 unspecified atom stereocenters. The third-order valence-electron chi connectivity index (χ3n) is 5.10. The lowest BCUT2D eigenvalue weighted by Crippen LogP contribution is -2.34. The summed E-state index contributed by atoms with van der Waals surface area (Å²) in [4.78, 5) is 24.2. The van der Waals surface area contributed by atoms with Gasteiger partial charge in [0, 0.05) is 0 Å². The van der Waals surface area contributed by atoms with Crippen molar-refractivity contribution >= 4 is 11.9 Å². The molecule has 0 N–H and O–H groups in total. The second-order valence-electron chi connectivity index (χ2n) is 6.35. The number of fused-ring (bicyclic) bond motifs is 1. The molecule has 3 atom stereocenters. The number of carbonyl (C=O) groups is 2. The van der Waals surface area contributed by atoms with Gasteiger partial charge in [0.05, 0.1) is 26.1 Å². The van der Waals surface area contributed by atoms with Gasteiger partial charge in [-0.2, -0.15) is 0 Å². The summed E-state index contributed by atoms with van der Waals surface area (Å²) in [5, 5.41) is 0. The Kier molecular flexibility index (Phi) is 4.21. The minimum atomic E-state index is -0.253. The molecule has 1 saturated carbocycles. The fourth-order valence-electron chi connectivity index (χ4n) is 3.98. The average Bonchev–Trinajstić information content (AvgIpc) is 2.88. The lowest BCUT2D eigenvalue weighted by molar-refractivity contribution is -0.150. The normalized spacial score (nSPS) is 31.8. The lowest BCUT2D eigenvalue weighted by Gasteiger charge is -2.34. The predicted octanol–water partition coefficient (Wildman–Crippen LogP) is 2.72. The molecule has 0 aromatic heterocycles. The van der Waals surface area contributed by atoms with Gasteiger partial charge in [0.25, 0.3) is 0 Å². The second-order valence-corrected chi connectivity index (χ2v) is 6.35. The van der Waals surface area contributed by atoms with E-state index in [4.69, 9.17) is 9.47 Å². The number of methoxy groups -OCH3 is 2. The molecule has 2 aliphatic rings. The van der Waals surface area contributed by atoms with Crippen LogP contribution in [-0.2, 0) is 19.1 Å². The van der Waals surface area contributed by atoms with Gasteiger partial charge in [-0.15, -0.1) is 0 Å². The van der Waals surface area contributed by atoms with Crippen LogP contribution in [-0.4, -0.2) is 26.2 Å². The zero-order chi connectivity index (χ0) is 14.9. The minimum absolute atomic E-state index is 0.123. The van der Waals surface area contributed by atoms with Crippen LogP contribution >= 0.6 is 0 Å². The highest BCUT2D eigenvalue weighted by atomic mass is 16.5. The Bertz CT molecular complexity index is 436. The van der Waals surface area contributed by atoms with Gasteiger partial charge in [0.15, 0.2) is 0 Å². The van der Waals surface area contributed by atoms with Crippen molar-refractivity contribution in [2.45, 2.75) is 39.5 Å². The Labute approximate surface area is 120 Å². The van der Waals surface area contributed by atoms with Gasteiger partial charge in [-0.1, -0.05) is 25.5 Å². The van der Waals surface area contributed by atoms with Crippen LogP contribution in [0.1, 0.15) is 39.5 Å². The second kappa shape index (κ2) is 5.58. The Morgan fingerprint density at radius 1 is 1.10 bits per heavy atom. The largest absolute Gasteiger partial charge is 0.469 e. The third kappa shape index (κ3) is 2.36. The van der Waals surface area contributed by atoms with Gasteiger partial charge in [-0.25, -0.2) is 0 Å². The molecule has 20 heavy (non-hydrogen) atoms. The van der Waals surface area contributed by atoms with Gasteiger partial charge in [-0.05, 0) is 37.0 Å². The SMILES string of the molecule is COC(=O)[C@@H]1CC[C@@H](C(=O)OC)C(C)(C)C2=CCC[C@H]21. The number of ether oxygens (including phenoxy) is 2. The van der Waals surface area contributed by atoms with E-state index in [-0.39, 0.29) is 35.1 Å². The van der Waals surface area contributed by atoms with Crippen LogP contribution in [0.3, 0.4) is 0 Å². The Morgan fingerprint density at radius 2 is 1.75 bits per heavy atom. The van der Waals surface area contributed by atoms with Crippen LogP contribution in [0, 0.1) is 23.2 Å². The summed E-state index contributed by atoms with van der Waals surface area (Å²) < 4.78 is 9.93. The van der Waals surface area contributed by atoms with Crippen molar-refractivity contribution in [2.75, 3.05) is 14.2 Å². The van der Waals surface area contributed by atoms with Crippen LogP contribution in [0.2, 0.25) is 0 Å². The fourth-order valence-corrected chi connectivity index (χ4v) is 3.98. The fraction of sp³-hybridized carbons (Fsp3) is 0.750. The van der Waals surface area contributed by atoms with E-state index in [9.17, 15) is 9.59 Å². The molecular formula is C16H24O4. The monoisotopic (exact) mass is 280 g/mol. The topological polar surface area (TPSA) is 52.6 Å². The molecule has 112 valence electrons. The number of hydrogen-bond acceptors (Lipinski definition) is 4. The summed E-state index contributed by atoms with van der Waals surface area (Å²) in [6.45, 7) is 4.19. The minimum Gasteiger partial charge on any atom is -0.469 e. The molecule has 0 spiro atoms. The van der Waals surface area contributed by atoms with Gasteiger partial charge in [-0.3, -0.25) is 9.59 Å².